The lowest BCUT2D eigenvalue weighted by Gasteiger charge is -2.27. The number of furan rings is 1. The Morgan fingerprint density at radius 3 is 2.59 bits per heavy atom. The van der Waals surface area contributed by atoms with Crippen LogP contribution >= 0.6 is 0 Å². The largest absolute Gasteiger partial charge is 0.503 e. The molecular formula is C28H25NO5. The highest BCUT2D eigenvalue weighted by Gasteiger charge is 2.44. The number of hydrogen-bond donors (Lipinski definition) is 1. The van der Waals surface area contributed by atoms with Crippen molar-refractivity contribution in [3.8, 4) is 5.75 Å². The van der Waals surface area contributed by atoms with Crippen molar-refractivity contribution in [1.29, 1.82) is 0 Å². The van der Waals surface area contributed by atoms with Gasteiger partial charge in [-0.15, -0.1) is 0 Å². The van der Waals surface area contributed by atoms with E-state index in [9.17, 15) is 14.7 Å². The average Bonchev–Trinajstić information content (AvgIpc) is 3.41. The summed E-state index contributed by atoms with van der Waals surface area (Å²) in [5.74, 6) is -1.01. The summed E-state index contributed by atoms with van der Waals surface area (Å²) in [7, 11) is 1.53. The Morgan fingerprint density at radius 2 is 1.79 bits per heavy atom. The van der Waals surface area contributed by atoms with Crippen LogP contribution in [0.2, 0.25) is 0 Å². The van der Waals surface area contributed by atoms with E-state index in [2.05, 4.69) is 0 Å². The second-order valence-electron chi connectivity index (χ2n) is 8.40. The lowest BCUT2D eigenvalue weighted by Crippen LogP contribution is -2.32. The van der Waals surface area contributed by atoms with Crippen molar-refractivity contribution in [3.63, 3.8) is 0 Å². The summed E-state index contributed by atoms with van der Waals surface area (Å²) < 4.78 is 11.2. The number of Topliss-reactive ketones (excluding diaryl/α,β-unsaturated/α-hetero) is 1. The predicted molar refractivity (Wildman–Crippen MR) is 130 cm³/mol. The monoisotopic (exact) mass is 455 g/mol. The van der Waals surface area contributed by atoms with Crippen LogP contribution in [-0.2, 0) is 4.79 Å². The van der Waals surface area contributed by atoms with E-state index in [4.69, 9.17) is 9.15 Å². The van der Waals surface area contributed by atoms with Gasteiger partial charge in [-0.3, -0.25) is 9.59 Å². The molecule has 0 radical (unpaired) electrons. The molecule has 1 unspecified atom stereocenters. The van der Waals surface area contributed by atoms with E-state index in [0.29, 0.717) is 23.3 Å². The van der Waals surface area contributed by atoms with Gasteiger partial charge in [0, 0.05) is 11.9 Å². The summed E-state index contributed by atoms with van der Waals surface area (Å²) >= 11 is 0. The van der Waals surface area contributed by atoms with Crippen LogP contribution in [0.4, 0.5) is 0 Å². The van der Waals surface area contributed by atoms with Crippen LogP contribution in [0.15, 0.2) is 82.5 Å². The molecule has 0 aliphatic carbocycles. The molecule has 1 N–H and O–H groups in total. The van der Waals surface area contributed by atoms with Crippen molar-refractivity contribution in [2.45, 2.75) is 25.8 Å². The molecule has 6 nitrogen and oxygen atoms in total. The standard InChI is InChI=1S/C28H25NO5/c1-3-4-15-29-24(20-13-7-10-17-9-5-6-12-19(17)20)23(26(31)28(29)32)25(30)22-16-18-11-8-14-21(33-2)27(18)34-22/h5-14,16,24,31H,3-4,15H2,1-2H3. The summed E-state index contributed by atoms with van der Waals surface area (Å²) in [5.41, 5.74) is 1.28. The molecule has 2 heterocycles. The summed E-state index contributed by atoms with van der Waals surface area (Å²) in [4.78, 5) is 28.5. The van der Waals surface area contributed by atoms with Crippen LogP contribution in [0.25, 0.3) is 21.7 Å². The molecule has 0 saturated carbocycles. The fourth-order valence-corrected chi connectivity index (χ4v) is 4.70. The molecule has 0 saturated heterocycles. The maximum atomic E-state index is 13.8. The molecule has 1 aromatic heterocycles. The number of methoxy groups -OCH3 is 1. The van der Waals surface area contributed by atoms with Crippen LogP contribution in [0, 0.1) is 0 Å². The first-order chi connectivity index (χ1) is 16.5. The van der Waals surface area contributed by atoms with Crippen LogP contribution in [0.3, 0.4) is 0 Å². The molecule has 1 aliphatic heterocycles. The van der Waals surface area contributed by atoms with E-state index in [-0.39, 0.29) is 11.3 Å². The van der Waals surface area contributed by atoms with Gasteiger partial charge < -0.3 is 19.2 Å². The summed E-state index contributed by atoms with van der Waals surface area (Å²) in [6, 6.07) is 19.9. The zero-order valence-corrected chi connectivity index (χ0v) is 19.1. The maximum Gasteiger partial charge on any atom is 0.290 e. The molecule has 34 heavy (non-hydrogen) atoms. The topological polar surface area (TPSA) is 80.0 Å². The molecule has 0 spiro atoms. The van der Waals surface area contributed by atoms with Gasteiger partial charge in [-0.1, -0.05) is 67.9 Å². The molecule has 0 fully saturated rings. The number of ether oxygens (including phenoxy) is 1. The summed E-state index contributed by atoms with van der Waals surface area (Å²) in [6.45, 7) is 2.46. The van der Waals surface area contributed by atoms with Crippen LogP contribution in [0.5, 0.6) is 5.75 Å². The first-order valence-corrected chi connectivity index (χ1v) is 11.4. The number of nitrogens with zero attached hydrogens (tertiary/aromatic N) is 1. The number of amides is 1. The Hall–Kier alpha value is -4.06. The van der Waals surface area contributed by atoms with Gasteiger partial charge in [0.25, 0.3) is 5.91 Å². The van der Waals surface area contributed by atoms with Crippen molar-refractivity contribution in [2.75, 3.05) is 13.7 Å². The number of aliphatic hydroxyl groups excluding tert-OH is 1. The molecule has 1 aliphatic rings. The SMILES string of the molecule is CCCCN1C(=O)C(O)=C(C(=O)c2cc3cccc(OC)c3o2)C1c1cccc2ccccc12. The Kier molecular flexibility index (Phi) is 5.57. The van der Waals surface area contributed by atoms with Crippen LogP contribution in [0.1, 0.15) is 41.9 Å². The number of unbranched alkanes of at least 4 members (excludes halogenated alkanes) is 1. The van der Waals surface area contributed by atoms with Gasteiger partial charge in [-0.25, -0.2) is 0 Å². The van der Waals surface area contributed by atoms with Crippen LogP contribution in [-0.4, -0.2) is 35.4 Å². The fraction of sp³-hybridized carbons (Fsp3) is 0.214. The third-order valence-corrected chi connectivity index (χ3v) is 6.37. The highest BCUT2D eigenvalue weighted by Crippen LogP contribution is 2.42. The highest BCUT2D eigenvalue weighted by atomic mass is 16.5. The van der Waals surface area contributed by atoms with Gasteiger partial charge in [0.05, 0.1) is 18.7 Å². The molecule has 1 atom stereocenters. The van der Waals surface area contributed by atoms with Crippen molar-refractivity contribution < 1.29 is 23.8 Å². The van der Waals surface area contributed by atoms with E-state index in [1.165, 1.54) is 7.11 Å². The summed E-state index contributed by atoms with van der Waals surface area (Å²) in [6.07, 6.45) is 1.63. The second kappa shape index (κ2) is 8.71. The first-order valence-electron chi connectivity index (χ1n) is 11.4. The number of carbonyl (C=O) groups excluding carboxylic acids is 2. The molecular weight excluding hydrogens is 430 g/mol. The number of ketones is 1. The number of benzene rings is 3. The zero-order valence-electron chi connectivity index (χ0n) is 19.1. The normalized spacial score (nSPS) is 16.1. The number of rotatable bonds is 7. The van der Waals surface area contributed by atoms with Crippen LogP contribution < -0.4 is 4.74 Å². The second-order valence-corrected chi connectivity index (χ2v) is 8.40. The average molecular weight is 456 g/mol. The maximum absolute atomic E-state index is 13.8. The molecule has 1 amide bonds. The quantitative estimate of drug-likeness (QED) is 0.347. The van der Waals surface area contributed by atoms with Gasteiger partial charge >= 0.3 is 0 Å². The third kappa shape index (κ3) is 3.43. The van der Waals surface area contributed by atoms with Crippen molar-refractivity contribution in [2.24, 2.45) is 0 Å². The van der Waals surface area contributed by atoms with E-state index in [0.717, 1.165) is 29.2 Å². The Bertz CT molecular complexity index is 1440. The highest BCUT2D eigenvalue weighted by molar-refractivity contribution is 6.16. The number of carbonyl (C=O) groups is 2. The molecule has 6 heteroatoms. The van der Waals surface area contributed by atoms with Crippen molar-refractivity contribution >= 4 is 33.4 Å². The van der Waals surface area contributed by atoms with Gasteiger partial charge in [-0.2, -0.15) is 0 Å². The molecule has 5 rings (SSSR count). The zero-order chi connectivity index (χ0) is 23.8. The van der Waals surface area contributed by atoms with Crippen molar-refractivity contribution in [3.05, 3.63) is 89.4 Å². The molecule has 4 aromatic rings. The van der Waals surface area contributed by atoms with Crippen molar-refractivity contribution in [1.82, 2.24) is 4.90 Å². The fourth-order valence-electron chi connectivity index (χ4n) is 4.70. The van der Waals surface area contributed by atoms with E-state index < -0.39 is 23.5 Å². The summed E-state index contributed by atoms with van der Waals surface area (Å²) in [5, 5.41) is 13.6. The Labute approximate surface area is 197 Å². The Balaban J connectivity index is 1.67. The predicted octanol–water partition coefficient (Wildman–Crippen LogP) is 5.97. The van der Waals surface area contributed by atoms with Gasteiger partial charge in [0.2, 0.25) is 5.78 Å². The van der Waals surface area contributed by atoms with Gasteiger partial charge in [-0.05, 0) is 34.9 Å². The lowest BCUT2D eigenvalue weighted by molar-refractivity contribution is -0.129. The number of aliphatic hydroxyl groups is 1. The number of hydrogen-bond acceptors (Lipinski definition) is 5. The number of para-hydroxylation sites is 1. The first kappa shape index (κ1) is 21.8. The lowest BCUT2D eigenvalue weighted by atomic mass is 9.91. The van der Waals surface area contributed by atoms with Gasteiger partial charge in [0.1, 0.15) is 0 Å². The van der Waals surface area contributed by atoms with E-state index >= 15 is 0 Å². The van der Waals surface area contributed by atoms with E-state index in [1.54, 1.807) is 17.0 Å². The molecule has 0 bridgehead atoms. The van der Waals surface area contributed by atoms with Gasteiger partial charge in [0.15, 0.2) is 22.9 Å². The number of fused-ring (bicyclic) bond motifs is 2. The molecule has 3 aromatic carbocycles. The minimum atomic E-state index is -0.715. The van der Waals surface area contributed by atoms with E-state index in [1.807, 2.05) is 61.5 Å². The third-order valence-electron chi connectivity index (χ3n) is 6.37. The smallest absolute Gasteiger partial charge is 0.290 e. The minimum Gasteiger partial charge on any atom is -0.503 e. The Morgan fingerprint density at radius 1 is 1.06 bits per heavy atom. The molecule has 172 valence electrons. The minimum absolute atomic E-state index is 0.0375.